The third kappa shape index (κ3) is 12.5. The average molecular weight is 1220 g/mol. The Morgan fingerprint density at radius 2 is 0.717 bits per heavy atom. The fourth-order valence-electron chi connectivity index (χ4n) is 13.7. The van der Waals surface area contributed by atoms with Gasteiger partial charge in [-0.25, -0.2) is 19.1 Å². The molecule has 12 aromatic rings. The Morgan fingerprint density at radius 3 is 1.11 bits per heavy atom. The van der Waals surface area contributed by atoms with Gasteiger partial charge in [0.2, 0.25) is 23.2 Å². The first kappa shape index (κ1) is 65.0. The fourth-order valence-corrected chi connectivity index (χ4v) is 13.7. The number of benzene rings is 8. The lowest BCUT2D eigenvalue weighted by molar-refractivity contribution is -0.660. The van der Waals surface area contributed by atoms with Crippen LogP contribution in [-0.4, -0.2) is 9.97 Å². The van der Waals surface area contributed by atoms with Crippen molar-refractivity contribution in [2.75, 3.05) is 0 Å². The summed E-state index contributed by atoms with van der Waals surface area (Å²) in [6, 6.07) is 53.8. The molecule has 0 aliphatic carbocycles. The third-order valence-corrected chi connectivity index (χ3v) is 19.2. The minimum absolute atomic E-state index is 0.0211. The normalized spacial score (nSPS) is 12.4. The Bertz CT molecular complexity index is 4410. The standard InChI is InChI=1S/2C43H49N2O/c1-25(2)31-20-34(26(3)4)41(35(21-31)27(5)6)42-44-38-17-16-29(23-40(38)46-42)30-18-19-45(11)39(22-30)36-24-37(43(8,9)10)33-15-13-12-14-32(33)28(36)7;1-25(2)31-20-34(26(3)4)41(35(21-31)27(5)6)42-44-38-22-29(16-17-40(38)46-42)30-18-19-45(11)39(23-30)36-24-37(43(8,9)10)33-15-13-12-14-32(33)28(36)7/h2*12-27H,1-11H3/q2*+1. The zero-order valence-electron chi connectivity index (χ0n) is 59.1. The van der Waals surface area contributed by atoms with E-state index in [0.717, 1.165) is 67.4 Å². The summed E-state index contributed by atoms with van der Waals surface area (Å²) >= 11 is 0. The fraction of sp³-hybridized carbons (Fsp3) is 0.349. The van der Waals surface area contributed by atoms with Gasteiger partial charge in [-0.1, -0.05) is 210 Å². The summed E-state index contributed by atoms with van der Waals surface area (Å²) in [5.41, 5.74) is 28.6. The topological polar surface area (TPSA) is 59.8 Å². The van der Waals surface area contributed by atoms with Crippen molar-refractivity contribution >= 4 is 43.7 Å². The summed E-state index contributed by atoms with van der Waals surface area (Å²) < 4.78 is 17.6. The summed E-state index contributed by atoms with van der Waals surface area (Å²) in [6.07, 6.45) is 4.35. The van der Waals surface area contributed by atoms with E-state index in [-0.39, 0.29) is 10.8 Å². The molecule has 4 heterocycles. The van der Waals surface area contributed by atoms with Gasteiger partial charge in [-0.15, -0.1) is 0 Å². The predicted molar refractivity (Wildman–Crippen MR) is 389 cm³/mol. The summed E-state index contributed by atoms with van der Waals surface area (Å²) in [4.78, 5) is 10.2. The number of aryl methyl sites for hydroxylation is 4. The van der Waals surface area contributed by atoms with Gasteiger partial charge in [0.05, 0.1) is 0 Å². The van der Waals surface area contributed by atoms with E-state index >= 15 is 0 Å². The highest BCUT2D eigenvalue weighted by Crippen LogP contribution is 2.45. The van der Waals surface area contributed by atoms with Crippen molar-refractivity contribution in [1.82, 2.24) is 9.97 Å². The minimum atomic E-state index is 0.0211. The minimum Gasteiger partial charge on any atom is -0.436 e. The van der Waals surface area contributed by atoms with Crippen LogP contribution in [0.25, 0.3) is 111 Å². The molecule has 0 saturated heterocycles. The maximum atomic E-state index is 6.64. The molecule has 0 saturated carbocycles. The van der Waals surface area contributed by atoms with E-state index < -0.39 is 0 Å². The van der Waals surface area contributed by atoms with Gasteiger partial charge in [0.15, 0.2) is 23.6 Å². The van der Waals surface area contributed by atoms with E-state index in [1.807, 2.05) is 0 Å². The molecular weight excluding hydrogens is 1120 g/mol. The molecule has 472 valence electrons. The number of nitrogens with zero attached hydrogens (tertiary/aromatic N) is 4. The Morgan fingerprint density at radius 1 is 0.359 bits per heavy atom. The summed E-state index contributed by atoms with van der Waals surface area (Å²) in [5, 5.41) is 5.30. The summed E-state index contributed by atoms with van der Waals surface area (Å²) in [6.45, 7) is 45.5. The molecule has 0 unspecified atom stereocenters. The van der Waals surface area contributed by atoms with Crippen molar-refractivity contribution < 1.29 is 18.0 Å². The van der Waals surface area contributed by atoms with E-state index in [4.69, 9.17) is 18.8 Å². The van der Waals surface area contributed by atoms with Crippen LogP contribution in [-0.2, 0) is 24.9 Å². The molecule has 6 heteroatoms. The molecule has 0 N–H and O–H groups in total. The van der Waals surface area contributed by atoms with E-state index in [9.17, 15) is 0 Å². The highest BCUT2D eigenvalue weighted by molar-refractivity contribution is 5.96. The molecule has 0 atom stereocenters. The van der Waals surface area contributed by atoms with E-state index in [2.05, 4.69) is 320 Å². The van der Waals surface area contributed by atoms with Crippen LogP contribution in [0.3, 0.4) is 0 Å². The SMILES string of the molecule is Cc1c(-c2cc(-c3ccc4nc(-c5c(C(C)C)cc(C(C)C)cc5C(C)C)oc4c3)cc[n+]2C)cc(C(C)(C)C)c2ccccc12.Cc1c(-c2cc(-c3ccc4oc(-c5c(C(C)C)cc(C(C)C)cc5C(C)C)nc4c3)cc[n+]2C)cc(C(C)(C)C)c2ccccc12. The zero-order valence-corrected chi connectivity index (χ0v) is 59.1. The number of hydrogen-bond donors (Lipinski definition) is 0. The van der Waals surface area contributed by atoms with Crippen LogP contribution < -0.4 is 9.13 Å². The molecule has 8 aromatic carbocycles. The molecule has 6 nitrogen and oxygen atoms in total. The van der Waals surface area contributed by atoms with Gasteiger partial charge in [-0.3, -0.25) is 0 Å². The molecule has 0 aliphatic rings. The van der Waals surface area contributed by atoms with Crippen LogP contribution in [0.1, 0.15) is 216 Å². The largest absolute Gasteiger partial charge is 0.436 e. The van der Waals surface area contributed by atoms with Crippen molar-refractivity contribution in [3.8, 4) is 67.7 Å². The molecule has 0 amide bonds. The number of hydrogen-bond acceptors (Lipinski definition) is 4. The van der Waals surface area contributed by atoms with Crippen molar-refractivity contribution in [2.45, 2.75) is 185 Å². The number of pyridine rings is 2. The monoisotopic (exact) mass is 1220 g/mol. The summed E-state index contributed by atoms with van der Waals surface area (Å²) in [7, 11) is 4.28. The molecule has 0 spiro atoms. The predicted octanol–water partition coefficient (Wildman–Crippen LogP) is 23.6. The van der Waals surface area contributed by atoms with Gasteiger partial charge in [0.25, 0.3) is 0 Å². The van der Waals surface area contributed by atoms with E-state index in [0.29, 0.717) is 35.5 Å². The number of fused-ring (bicyclic) bond motifs is 4. The second kappa shape index (κ2) is 25.2. The van der Waals surface area contributed by atoms with Crippen LogP contribution >= 0.6 is 0 Å². The lowest BCUT2D eigenvalue weighted by Gasteiger charge is -2.24. The lowest BCUT2D eigenvalue weighted by atomic mass is 9.80. The van der Waals surface area contributed by atoms with E-state index in [1.165, 1.54) is 99.7 Å². The van der Waals surface area contributed by atoms with Crippen LogP contribution in [0.5, 0.6) is 0 Å². The molecule has 0 bridgehead atoms. The molecule has 92 heavy (non-hydrogen) atoms. The van der Waals surface area contributed by atoms with Crippen molar-refractivity contribution in [2.24, 2.45) is 14.1 Å². The number of aromatic nitrogens is 4. The summed E-state index contributed by atoms with van der Waals surface area (Å²) in [5.74, 6) is 3.80. The van der Waals surface area contributed by atoms with Crippen molar-refractivity contribution in [1.29, 1.82) is 0 Å². The molecule has 0 radical (unpaired) electrons. The van der Waals surface area contributed by atoms with Crippen molar-refractivity contribution in [3.63, 3.8) is 0 Å². The van der Waals surface area contributed by atoms with Crippen LogP contribution in [0.4, 0.5) is 0 Å². The maximum absolute atomic E-state index is 6.64. The van der Waals surface area contributed by atoms with Gasteiger partial charge in [0, 0.05) is 46.5 Å². The van der Waals surface area contributed by atoms with Crippen LogP contribution in [0, 0.1) is 13.8 Å². The number of rotatable bonds is 12. The van der Waals surface area contributed by atoms with Gasteiger partial charge in [-0.05, 0) is 196 Å². The van der Waals surface area contributed by atoms with Gasteiger partial charge in [0.1, 0.15) is 25.1 Å². The Labute approximate surface area is 548 Å². The maximum Gasteiger partial charge on any atom is 0.227 e. The molecule has 0 fully saturated rings. The van der Waals surface area contributed by atoms with Crippen molar-refractivity contribution in [3.05, 3.63) is 214 Å². The number of oxazole rings is 2. The van der Waals surface area contributed by atoms with Crippen LogP contribution in [0.15, 0.2) is 167 Å². The first-order valence-corrected chi connectivity index (χ1v) is 33.7. The Hall–Kier alpha value is -8.48. The highest BCUT2D eigenvalue weighted by atomic mass is 16.4. The molecule has 4 aromatic heterocycles. The highest BCUT2D eigenvalue weighted by Gasteiger charge is 2.29. The Balaban J connectivity index is 0.000000188. The van der Waals surface area contributed by atoms with Gasteiger partial charge >= 0.3 is 0 Å². The molecule has 12 rings (SSSR count). The third-order valence-electron chi connectivity index (χ3n) is 19.2. The van der Waals surface area contributed by atoms with Gasteiger partial charge < -0.3 is 8.83 Å². The Kier molecular flexibility index (Phi) is 17.8. The average Bonchev–Trinajstić information content (AvgIpc) is 0.999. The lowest BCUT2D eigenvalue weighted by Crippen LogP contribution is -2.30. The first-order valence-electron chi connectivity index (χ1n) is 33.7. The molecule has 0 aliphatic heterocycles. The second-order valence-electron chi connectivity index (χ2n) is 30.1. The van der Waals surface area contributed by atoms with E-state index in [1.54, 1.807) is 0 Å². The molecular formula is C86H98N4O2+2. The van der Waals surface area contributed by atoms with Gasteiger partial charge in [-0.2, -0.15) is 0 Å². The first-order chi connectivity index (χ1) is 43.5. The quantitative estimate of drug-likeness (QED) is 0.114. The smallest absolute Gasteiger partial charge is 0.227 e. The van der Waals surface area contributed by atoms with Crippen LogP contribution in [0.2, 0.25) is 0 Å². The second-order valence-corrected chi connectivity index (χ2v) is 30.1. The zero-order chi connectivity index (χ0) is 66.2.